The van der Waals surface area contributed by atoms with Crippen LogP contribution >= 0.6 is 0 Å². The van der Waals surface area contributed by atoms with Crippen molar-refractivity contribution in [1.82, 2.24) is 20.1 Å². The molecular formula is C38H40N4O3. The fourth-order valence-corrected chi connectivity index (χ4v) is 6.67. The molecule has 0 bridgehead atoms. The van der Waals surface area contributed by atoms with Gasteiger partial charge in [-0.2, -0.15) is 0 Å². The van der Waals surface area contributed by atoms with Gasteiger partial charge in [0.2, 0.25) is 11.8 Å². The van der Waals surface area contributed by atoms with E-state index >= 15 is 0 Å². The van der Waals surface area contributed by atoms with E-state index in [0.717, 1.165) is 52.1 Å². The lowest BCUT2D eigenvalue weighted by atomic mass is 9.80. The van der Waals surface area contributed by atoms with Crippen LogP contribution in [0, 0.1) is 0 Å². The van der Waals surface area contributed by atoms with Crippen LogP contribution in [0.15, 0.2) is 103 Å². The molecule has 1 heterocycles. The second-order valence-electron chi connectivity index (χ2n) is 12.4. The molecule has 4 aromatic carbocycles. The van der Waals surface area contributed by atoms with Crippen LogP contribution in [0.1, 0.15) is 53.6 Å². The highest BCUT2D eigenvalue weighted by molar-refractivity contribution is 6.09. The van der Waals surface area contributed by atoms with Crippen molar-refractivity contribution in [3.63, 3.8) is 0 Å². The largest absolute Gasteiger partial charge is 0.350 e. The number of hydrogen-bond donors (Lipinski definition) is 2. The van der Waals surface area contributed by atoms with E-state index in [2.05, 4.69) is 34.9 Å². The number of nitrogens with one attached hydrogen (secondary N) is 2. The number of aryl methyl sites for hydroxylation is 1. The van der Waals surface area contributed by atoms with Crippen molar-refractivity contribution in [1.29, 1.82) is 0 Å². The summed E-state index contributed by atoms with van der Waals surface area (Å²) in [6.45, 7) is 0.423. The van der Waals surface area contributed by atoms with E-state index in [4.69, 9.17) is 0 Å². The Hall–Kier alpha value is -4.91. The van der Waals surface area contributed by atoms with Crippen LogP contribution in [0.5, 0.6) is 0 Å². The summed E-state index contributed by atoms with van der Waals surface area (Å²) in [5, 5.41) is 9.35. The summed E-state index contributed by atoms with van der Waals surface area (Å²) in [7, 11) is 3.69. The number of benzene rings is 4. The summed E-state index contributed by atoms with van der Waals surface area (Å²) in [5.74, 6) is -0.753. The van der Waals surface area contributed by atoms with Gasteiger partial charge in [0.15, 0.2) is 0 Å². The number of aromatic nitrogens is 1. The first-order valence-electron chi connectivity index (χ1n) is 15.8. The van der Waals surface area contributed by atoms with Crippen LogP contribution in [0.2, 0.25) is 0 Å². The quantitative estimate of drug-likeness (QED) is 0.213. The van der Waals surface area contributed by atoms with Crippen LogP contribution in [-0.2, 0) is 29.6 Å². The highest BCUT2D eigenvalue weighted by Gasteiger charge is 2.43. The molecule has 230 valence electrons. The van der Waals surface area contributed by atoms with Crippen LogP contribution in [0.4, 0.5) is 0 Å². The van der Waals surface area contributed by atoms with Gasteiger partial charge in [0, 0.05) is 44.2 Å². The van der Waals surface area contributed by atoms with Crippen molar-refractivity contribution in [2.45, 2.75) is 56.7 Å². The second-order valence-corrected chi connectivity index (χ2v) is 12.4. The summed E-state index contributed by atoms with van der Waals surface area (Å²) in [4.78, 5) is 43.9. The number of fused-ring (bicyclic) bond motifs is 2. The highest BCUT2D eigenvalue weighted by atomic mass is 16.2. The SMILES string of the molecule is CN(Cc1ccccc1)C(=O)[C@H](Cc1ccc2ccccc2c1)NC(=O)C1(NC(=O)c2cn(C)c3ccccc23)CCCCC1. The second kappa shape index (κ2) is 13.0. The van der Waals surface area contributed by atoms with Crippen LogP contribution in [0.3, 0.4) is 0 Å². The van der Waals surface area contributed by atoms with Gasteiger partial charge in [-0.25, -0.2) is 0 Å². The molecule has 0 saturated heterocycles. The minimum absolute atomic E-state index is 0.174. The molecular weight excluding hydrogens is 560 g/mol. The Bertz CT molecular complexity index is 1840. The average Bonchev–Trinajstić information content (AvgIpc) is 3.41. The number of amides is 3. The fourth-order valence-electron chi connectivity index (χ4n) is 6.67. The predicted molar refractivity (Wildman–Crippen MR) is 179 cm³/mol. The van der Waals surface area contributed by atoms with Crippen molar-refractivity contribution in [2.24, 2.45) is 7.05 Å². The normalized spacial score (nSPS) is 15.0. The van der Waals surface area contributed by atoms with Crippen LogP contribution in [0.25, 0.3) is 21.7 Å². The molecule has 1 saturated carbocycles. The molecule has 0 aliphatic heterocycles. The van der Waals surface area contributed by atoms with Gasteiger partial charge >= 0.3 is 0 Å². The van der Waals surface area contributed by atoms with Gasteiger partial charge in [0.05, 0.1) is 5.56 Å². The maximum Gasteiger partial charge on any atom is 0.254 e. The number of carbonyl (C=O) groups excluding carboxylic acids is 3. The van der Waals surface area contributed by atoms with Crippen molar-refractivity contribution in [2.75, 3.05) is 7.05 Å². The predicted octanol–water partition coefficient (Wildman–Crippen LogP) is 6.15. The number of carbonyl (C=O) groups is 3. The Morgan fingerprint density at radius 2 is 1.51 bits per heavy atom. The number of nitrogens with zero attached hydrogens (tertiary/aromatic N) is 2. The third kappa shape index (κ3) is 6.48. The van der Waals surface area contributed by atoms with Gasteiger partial charge in [0.25, 0.3) is 5.91 Å². The van der Waals surface area contributed by atoms with Gasteiger partial charge in [-0.05, 0) is 40.8 Å². The lowest BCUT2D eigenvalue weighted by Crippen LogP contribution is -2.63. The first-order chi connectivity index (χ1) is 21.8. The lowest BCUT2D eigenvalue weighted by molar-refractivity contribution is -0.138. The summed E-state index contributed by atoms with van der Waals surface area (Å²) in [5.41, 5.74) is 2.35. The first kappa shape index (κ1) is 30.1. The molecule has 1 fully saturated rings. The molecule has 7 heteroatoms. The zero-order valence-corrected chi connectivity index (χ0v) is 26.0. The summed E-state index contributed by atoms with van der Waals surface area (Å²) < 4.78 is 1.93. The minimum atomic E-state index is -1.10. The van der Waals surface area contributed by atoms with Crippen LogP contribution < -0.4 is 10.6 Å². The summed E-state index contributed by atoms with van der Waals surface area (Å²) >= 11 is 0. The molecule has 0 unspecified atom stereocenters. The topological polar surface area (TPSA) is 83.4 Å². The van der Waals surface area contributed by atoms with Crippen molar-refractivity contribution in [3.05, 3.63) is 120 Å². The maximum atomic E-state index is 14.4. The van der Waals surface area contributed by atoms with Gasteiger partial charge in [-0.1, -0.05) is 110 Å². The minimum Gasteiger partial charge on any atom is -0.350 e. The summed E-state index contributed by atoms with van der Waals surface area (Å²) in [6.07, 6.45) is 5.83. The molecule has 1 atom stereocenters. The van der Waals surface area contributed by atoms with E-state index in [1.807, 2.05) is 90.6 Å². The highest BCUT2D eigenvalue weighted by Crippen LogP contribution is 2.30. The Kier molecular flexibility index (Phi) is 8.69. The molecule has 45 heavy (non-hydrogen) atoms. The van der Waals surface area contributed by atoms with E-state index in [0.29, 0.717) is 31.4 Å². The molecule has 0 radical (unpaired) electrons. The van der Waals surface area contributed by atoms with Gasteiger partial charge in [0.1, 0.15) is 11.6 Å². The van der Waals surface area contributed by atoms with Crippen LogP contribution in [-0.4, -0.2) is 45.8 Å². The first-order valence-corrected chi connectivity index (χ1v) is 15.8. The average molecular weight is 601 g/mol. The zero-order chi connectivity index (χ0) is 31.4. The monoisotopic (exact) mass is 600 g/mol. The standard InChI is InChI=1S/C38H40N4O3/c1-41-26-32(31-17-9-10-18-34(31)41)35(43)40-38(21-11-4-12-22-38)37(45)39-33(36(44)42(2)25-27-13-5-3-6-14-27)24-28-19-20-29-15-7-8-16-30(29)23-28/h3,5-10,13-20,23,26,33H,4,11-12,21-22,24-25H2,1-2H3,(H,39,45)(H,40,43)/t33-/m0/s1. The van der Waals surface area contributed by atoms with Gasteiger partial charge in [-0.3, -0.25) is 14.4 Å². The fraction of sp³-hybridized carbons (Fsp3) is 0.289. The molecule has 0 spiro atoms. The molecule has 2 N–H and O–H groups in total. The van der Waals surface area contributed by atoms with Gasteiger partial charge in [-0.15, -0.1) is 0 Å². The van der Waals surface area contributed by atoms with E-state index in [1.165, 1.54) is 0 Å². The van der Waals surface area contributed by atoms with E-state index < -0.39 is 11.6 Å². The molecule has 3 amide bonds. The third-order valence-corrected chi connectivity index (χ3v) is 9.13. The number of hydrogen-bond acceptors (Lipinski definition) is 3. The molecule has 1 aromatic heterocycles. The van der Waals surface area contributed by atoms with Crippen molar-refractivity contribution >= 4 is 39.4 Å². The molecule has 1 aliphatic carbocycles. The molecule has 1 aliphatic rings. The zero-order valence-electron chi connectivity index (χ0n) is 26.0. The molecule has 6 rings (SSSR count). The van der Waals surface area contributed by atoms with E-state index in [-0.39, 0.29) is 17.7 Å². The lowest BCUT2D eigenvalue weighted by Gasteiger charge is -2.38. The molecule has 7 nitrogen and oxygen atoms in total. The summed E-state index contributed by atoms with van der Waals surface area (Å²) in [6, 6.07) is 31.0. The Labute approximate surface area is 264 Å². The number of para-hydroxylation sites is 1. The number of rotatable bonds is 9. The maximum absolute atomic E-state index is 14.4. The van der Waals surface area contributed by atoms with Gasteiger partial charge < -0.3 is 20.1 Å². The van der Waals surface area contributed by atoms with Crippen molar-refractivity contribution < 1.29 is 14.4 Å². The van der Waals surface area contributed by atoms with E-state index in [9.17, 15) is 14.4 Å². The van der Waals surface area contributed by atoms with E-state index in [1.54, 1.807) is 11.9 Å². The van der Waals surface area contributed by atoms with Crippen molar-refractivity contribution in [3.8, 4) is 0 Å². The Balaban J connectivity index is 1.28. The Morgan fingerprint density at radius 1 is 0.822 bits per heavy atom. The smallest absolute Gasteiger partial charge is 0.254 e. The Morgan fingerprint density at radius 3 is 2.29 bits per heavy atom. The number of likely N-dealkylation sites (N-methyl/N-ethyl adjacent to an activating group) is 1. The molecule has 5 aromatic rings. The third-order valence-electron chi connectivity index (χ3n) is 9.13.